The Labute approximate surface area is 115 Å². The van der Waals surface area contributed by atoms with Crippen molar-refractivity contribution in [2.45, 2.75) is 50.5 Å². The van der Waals surface area contributed by atoms with Gasteiger partial charge in [-0.3, -0.25) is 0 Å². The molecule has 102 valence electrons. The van der Waals surface area contributed by atoms with Crippen molar-refractivity contribution in [1.82, 2.24) is 0 Å². The van der Waals surface area contributed by atoms with Crippen LogP contribution in [0.25, 0.3) is 0 Å². The van der Waals surface area contributed by atoms with Crippen molar-refractivity contribution in [1.29, 1.82) is 0 Å². The maximum Gasteiger partial charge on any atom is 0.0773 e. The van der Waals surface area contributed by atoms with Crippen molar-refractivity contribution < 1.29 is 5.11 Å². The fourth-order valence-corrected chi connectivity index (χ4v) is 10.1. The molecule has 0 radical (unpaired) electrons. The average molecular weight is 256 g/mol. The lowest BCUT2D eigenvalue weighted by Crippen LogP contribution is -2.86. The predicted octanol–water partition coefficient (Wildman–Crippen LogP) is 3.08. The molecule has 0 heterocycles. The SMILES string of the molecule is OC12C3C4CC(C4)[C@]14C[C@H]1C[C@@H]5C(CC3CC54)[C@@H]2C1. The van der Waals surface area contributed by atoms with E-state index in [1.54, 1.807) is 6.42 Å². The van der Waals surface area contributed by atoms with E-state index in [9.17, 15) is 5.11 Å². The van der Waals surface area contributed by atoms with Crippen molar-refractivity contribution in [3.05, 3.63) is 0 Å². The number of rotatable bonds is 0. The standard InChI is InChI=1S/C18H24O/c19-18-15-2-8-1-12-13(15)5-10-6-14(12)17(18,7-8)11-3-9(4-11)16(10)18/h8-16,19H,1-7H2/t8-,9?,10?,11?,12+,13?,14?,15-,16?,17-,18?/m0/s1. The summed E-state index contributed by atoms with van der Waals surface area (Å²) in [6, 6.07) is 0. The van der Waals surface area contributed by atoms with Crippen LogP contribution in [0.1, 0.15) is 44.9 Å². The molecule has 0 aromatic rings. The van der Waals surface area contributed by atoms with Crippen molar-refractivity contribution in [2.75, 3.05) is 0 Å². The molecule has 10 fully saturated rings. The summed E-state index contributed by atoms with van der Waals surface area (Å²) in [5.74, 6) is 8.26. The molecular weight excluding hydrogens is 232 g/mol. The molecule has 1 heteroatoms. The maximum absolute atomic E-state index is 12.0. The van der Waals surface area contributed by atoms with Gasteiger partial charge in [-0.2, -0.15) is 0 Å². The molecule has 0 saturated heterocycles. The Morgan fingerprint density at radius 2 is 1.58 bits per heavy atom. The van der Waals surface area contributed by atoms with E-state index in [4.69, 9.17) is 0 Å². The minimum absolute atomic E-state index is 0.164. The monoisotopic (exact) mass is 256 g/mol. The van der Waals surface area contributed by atoms with Gasteiger partial charge < -0.3 is 5.11 Å². The average Bonchev–Trinajstić information content (AvgIpc) is 2.34. The Morgan fingerprint density at radius 3 is 2.47 bits per heavy atom. The first-order valence-electron chi connectivity index (χ1n) is 8.96. The molecule has 1 nitrogen and oxygen atoms in total. The first kappa shape index (κ1) is 9.82. The number of hydrogen-bond donors (Lipinski definition) is 1. The van der Waals surface area contributed by atoms with E-state index < -0.39 is 0 Å². The van der Waals surface area contributed by atoms with Crippen LogP contribution in [0.15, 0.2) is 0 Å². The van der Waals surface area contributed by atoms with Crippen LogP contribution in [-0.2, 0) is 0 Å². The van der Waals surface area contributed by atoms with E-state index in [0.29, 0.717) is 5.41 Å². The van der Waals surface area contributed by atoms with Gasteiger partial charge in [-0.05, 0) is 98.2 Å². The third-order valence-corrected chi connectivity index (χ3v) is 9.93. The lowest BCUT2D eigenvalue weighted by atomic mass is 9.20. The molecule has 1 spiro atoms. The minimum Gasteiger partial charge on any atom is -0.389 e. The number of aliphatic hydroxyl groups is 1. The normalized spacial score (nSPS) is 80.4. The molecule has 10 saturated carbocycles. The van der Waals surface area contributed by atoms with Crippen LogP contribution in [0.5, 0.6) is 0 Å². The molecule has 1 N–H and O–H groups in total. The van der Waals surface area contributed by atoms with Crippen molar-refractivity contribution in [3.8, 4) is 0 Å². The van der Waals surface area contributed by atoms with E-state index in [0.717, 1.165) is 53.3 Å². The molecule has 10 aliphatic carbocycles. The van der Waals surface area contributed by atoms with Gasteiger partial charge in [0.1, 0.15) is 0 Å². The van der Waals surface area contributed by atoms with Gasteiger partial charge in [0.15, 0.2) is 0 Å². The van der Waals surface area contributed by atoms with Crippen molar-refractivity contribution in [2.24, 2.45) is 58.7 Å². The van der Waals surface area contributed by atoms with E-state index in [-0.39, 0.29) is 5.60 Å². The quantitative estimate of drug-likeness (QED) is 0.706. The van der Waals surface area contributed by atoms with Crippen molar-refractivity contribution >= 4 is 0 Å². The summed E-state index contributed by atoms with van der Waals surface area (Å²) in [5.41, 5.74) is 0.277. The Balaban J connectivity index is 1.59. The molecule has 11 bridgehead atoms. The van der Waals surface area contributed by atoms with E-state index in [2.05, 4.69) is 0 Å². The summed E-state index contributed by atoms with van der Waals surface area (Å²) in [5, 5.41) is 12.0. The molecule has 10 rings (SSSR count). The third kappa shape index (κ3) is 0.681. The summed E-state index contributed by atoms with van der Waals surface area (Å²) in [7, 11) is 0. The van der Waals surface area contributed by atoms with Crippen molar-refractivity contribution in [3.63, 3.8) is 0 Å². The second-order valence-corrected chi connectivity index (χ2v) is 9.63. The summed E-state index contributed by atoms with van der Waals surface area (Å²) in [6.07, 6.45) is 10.5. The van der Waals surface area contributed by atoms with E-state index in [1.807, 2.05) is 0 Å². The van der Waals surface area contributed by atoms with Gasteiger partial charge in [0, 0.05) is 5.41 Å². The molecule has 0 aromatic heterocycles. The second kappa shape index (κ2) is 2.45. The Hall–Kier alpha value is -0.0400. The van der Waals surface area contributed by atoms with Gasteiger partial charge in [-0.1, -0.05) is 0 Å². The summed E-state index contributed by atoms with van der Waals surface area (Å²) in [4.78, 5) is 0. The molecule has 19 heavy (non-hydrogen) atoms. The zero-order valence-corrected chi connectivity index (χ0v) is 11.6. The fourth-order valence-electron chi connectivity index (χ4n) is 10.1. The molecular formula is C18H24O. The number of hydrogen-bond acceptors (Lipinski definition) is 1. The van der Waals surface area contributed by atoms with Gasteiger partial charge in [-0.25, -0.2) is 0 Å². The van der Waals surface area contributed by atoms with Gasteiger partial charge in [-0.15, -0.1) is 0 Å². The van der Waals surface area contributed by atoms with Crippen LogP contribution in [0, 0.1) is 58.7 Å². The Kier molecular flexibility index (Phi) is 1.26. The predicted molar refractivity (Wildman–Crippen MR) is 71.1 cm³/mol. The fraction of sp³-hybridized carbons (Fsp3) is 1.00. The third-order valence-electron chi connectivity index (χ3n) is 9.93. The van der Waals surface area contributed by atoms with Crippen LogP contribution >= 0.6 is 0 Å². The van der Waals surface area contributed by atoms with Gasteiger partial charge in [0.2, 0.25) is 0 Å². The largest absolute Gasteiger partial charge is 0.389 e. The Bertz CT molecular complexity index is 508. The minimum atomic E-state index is -0.164. The van der Waals surface area contributed by atoms with Crippen LogP contribution in [0.4, 0.5) is 0 Å². The zero-order valence-electron chi connectivity index (χ0n) is 11.6. The summed E-state index contributed by atoms with van der Waals surface area (Å²) < 4.78 is 0. The van der Waals surface area contributed by atoms with Gasteiger partial charge >= 0.3 is 0 Å². The topological polar surface area (TPSA) is 20.2 Å². The van der Waals surface area contributed by atoms with Crippen LogP contribution in [-0.4, -0.2) is 10.7 Å². The highest BCUT2D eigenvalue weighted by Gasteiger charge is 2.84. The molecule has 9 atom stereocenters. The van der Waals surface area contributed by atoms with E-state index >= 15 is 0 Å². The first-order valence-corrected chi connectivity index (χ1v) is 8.96. The van der Waals surface area contributed by atoms with Crippen LogP contribution in [0.2, 0.25) is 0 Å². The lowest BCUT2D eigenvalue weighted by molar-refractivity contribution is -0.420. The second-order valence-electron chi connectivity index (χ2n) is 9.63. The smallest absolute Gasteiger partial charge is 0.0773 e. The first-order chi connectivity index (χ1) is 9.23. The summed E-state index contributed by atoms with van der Waals surface area (Å²) >= 11 is 0. The maximum atomic E-state index is 12.0. The molecule has 0 aromatic carbocycles. The highest BCUT2D eigenvalue weighted by molar-refractivity contribution is 5.33. The zero-order chi connectivity index (χ0) is 12.1. The molecule has 10 aliphatic rings. The van der Waals surface area contributed by atoms with Crippen LogP contribution < -0.4 is 0 Å². The van der Waals surface area contributed by atoms with Gasteiger partial charge in [0.05, 0.1) is 5.60 Å². The highest BCUT2D eigenvalue weighted by atomic mass is 16.3. The van der Waals surface area contributed by atoms with Crippen LogP contribution in [0.3, 0.4) is 0 Å². The molecule has 0 aliphatic heterocycles. The van der Waals surface area contributed by atoms with Gasteiger partial charge in [0.25, 0.3) is 0 Å². The molecule has 5 unspecified atom stereocenters. The lowest BCUT2D eigenvalue weighted by Gasteiger charge is -2.86. The Morgan fingerprint density at radius 1 is 0.789 bits per heavy atom. The molecule has 0 amide bonds. The van der Waals surface area contributed by atoms with E-state index in [1.165, 1.54) is 38.5 Å². The highest BCUT2D eigenvalue weighted by Crippen LogP contribution is 2.86. The summed E-state index contributed by atoms with van der Waals surface area (Å²) in [6.45, 7) is 0.